The van der Waals surface area contributed by atoms with E-state index in [2.05, 4.69) is 5.32 Å². The molecule has 1 aromatic rings. The molecule has 0 saturated heterocycles. The topological polar surface area (TPSA) is 70.0 Å². The van der Waals surface area contributed by atoms with Gasteiger partial charge < -0.3 is 5.32 Å². The molecule has 20 heavy (non-hydrogen) atoms. The Hall–Kier alpha value is -2.12. The molecule has 1 amide bonds. The highest BCUT2D eigenvalue weighted by molar-refractivity contribution is 6.30. The number of benzene rings is 1. The molecule has 4 nitrogen and oxygen atoms in total. The molecule has 1 N–H and O–H groups in total. The molecule has 0 aliphatic rings. The first kappa shape index (κ1) is 15.9. The van der Waals surface area contributed by atoms with Crippen molar-refractivity contribution in [1.82, 2.24) is 5.32 Å². The first-order valence-electron chi connectivity index (χ1n) is 6.23. The Morgan fingerprint density at radius 2 is 2.25 bits per heavy atom. The van der Waals surface area contributed by atoms with Crippen LogP contribution < -0.4 is 5.32 Å². The highest BCUT2D eigenvalue weighted by atomic mass is 35.5. The number of rotatable bonds is 6. The van der Waals surface area contributed by atoms with Crippen molar-refractivity contribution in [3.05, 3.63) is 40.9 Å². The summed E-state index contributed by atoms with van der Waals surface area (Å²) in [5, 5.41) is 12.0. The molecule has 1 unspecified atom stereocenters. The quantitative estimate of drug-likeness (QED) is 0.646. The van der Waals surface area contributed by atoms with Gasteiger partial charge in [-0.1, -0.05) is 36.7 Å². The lowest BCUT2D eigenvalue weighted by Crippen LogP contribution is -2.34. The van der Waals surface area contributed by atoms with E-state index in [1.807, 2.05) is 6.92 Å². The van der Waals surface area contributed by atoms with E-state index >= 15 is 0 Å². The zero-order valence-electron chi connectivity index (χ0n) is 11.1. The molecule has 5 heteroatoms. The van der Waals surface area contributed by atoms with Gasteiger partial charge in [0.15, 0.2) is 11.7 Å². The summed E-state index contributed by atoms with van der Waals surface area (Å²) < 4.78 is 0. The molecule has 0 aliphatic heterocycles. The second-order valence-corrected chi connectivity index (χ2v) is 4.58. The van der Waals surface area contributed by atoms with Gasteiger partial charge in [0.05, 0.1) is 6.07 Å². The van der Waals surface area contributed by atoms with Gasteiger partial charge in [0.25, 0.3) is 0 Å². The predicted molar refractivity (Wildman–Crippen MR) is 77.9 cm³/mol. The maximum atomic E-state index is 11.8. The Balaban J connectivity index is 2.73. The van der Waals surface area contributed by atoms with Gasteiger partial charge in [0.2, 0.25) is 5.91 Å². The van der Waals surface area contributed by atoms with Gasteiger partial charge in [-0.05, 0) is 30.2 Å². The summed E-state index contributed by atoms with van der Waals surface area (Å²) >= 11 is 5.82. The molecule has 0 heterocycles. The van der Waals surface area contributed by atoms with Crippen molar-refractivity contribution in [3.8, 4) is 6.07 Å². The van der Waals surface area contributed by atoms with Crippen LogP contribution in [0.3, 0.4) is 0 Å². The summed E-state index contributed by atoms with van der Waals surface area (Å²) in [6.07, 6.45) is 3.51. The lowest BCUT2D eigenvalue weighted by Gasteiger charge is -2.06. The Kier molecular flexibility index (Phi) is 6.48. The van der Waals surface area contributed by atoms with Gasteiger partial charge in [-0.15, -0.1) is 0 Å². The first-order chi connectivity index (χ1) is 9.58. The number of nitrogens with one attached hydrogen (secondary N) is 1. The number of ketones is 1. The number of amides is 1. The number of hydrogen-bond acceptors (Lipinski definition) is 3. The molecule has 0 saturated carbocycles. The Morgan fingerprint density at radius 3 is 2.85 bits per heavy atom. The van der Waals surface area contributed by atoms with Crippen molar-refractivity contribution in [1.29, 1.82) is 5.26 Å². The van der Waals surface area contributed by atoms with E-state index in [1.54, 1.807) is 30.3 Å². The van der Waals surface area contributed by atoms with Crippen molar-refractivity contribution >= 4 is 29.4 Å². The number of hydrogen-bond donors (Lipinski definition) is 1. The van der Waals surface area contributed by atoms with E-state index in [1.165, 1.54) is 12.2 Å². The lowest BCUT2D eigenvalue weighted by atomic mass is 10.0. The number of nitrogens with zero attached hydrogens (tertiary/aromatic N) is 1. The van der Waals surface area contributed by atoms with E-state index < -0.39 is 17.6 Å². The molecule has 0 bridgehead atoms. The zero-order chi connectivity index (χ0) is 15.0. The highest BCUT2D eigenvalue weighted by Crippen LogP contribution is 2.12. The van der Waals surface area contributed by atoms with Gasteiger partial charge in [0.1, 0.15) is 0 Å². The first-order valence-corrected chi connectivity index (χ1v) is 6.61. The predicted octanol–water partition coefficient (Wildman–Crippen LogP) is 2.59. The Labute approximate surface area is 123 Å². The van der Waals surface area contributed by atoms with Gasteiger partial charge in [-0.2, -0.15) is 5.26 Å². The number of nitriles is 1. The smallest absolute Gasteiger partial charge is 0.245 e. The number of carbonyl (C=O) groups is 2. The van der Waals surface area contributed by atoms with E-state index in [-0.39, 0.29) is 0 Å². The van der Waals surface area contributed by atoms with Crippen LogP contribution in [0.2, 0.25) is 5.02 Å². The minimum absolute atomic E-state index is 0.447. The Bertz CT molecular complexity index is 561. The fraction of sp³-hybridized carbons (Fsp3) is 0.267. The lowest BCUT2D eigenvalue weighted by molar-refractivity contribution is -0.129. The van der Waals surface area contributed by atoms with Crippen molar-refractivity contribution in [2.75, 3.05) is 6.54 Å². The van der Waals surface area contributed by atoms with Crippen LogP contribution in [0.25, 0.3) is 6.08 Å². The maximum Gasteiger partial charge on any atom is 0.245 e. The van der Waals surface area contributed by atoms with Crippen molar-refractivity contribution in [3.63, 3.8) is 0 Å². The summed E-state index contributed by atoms with van der Waals surface area (Å²) in [4.78, 5) is 23.5. The summed E-state index contributed by atoms with van der Waals surface area (Å²) in [6, 6.07) is 8.65. The van der Waals surface area contributed by atoms with Crippen molar-refractivity contribution < 1.29 is 9.59 Å². The molecule has 1 atom stereocenters. The van der Waals surface area contributed by atoms with Crippen LogP contribution in [-0.4, -0.2) is 18.2 Å². The number of carbonyl (C=O) groups excluding carboxylic acids is 2. The third-order valence-electron chi connectivity index (χ3n) is 2.51. The highest BCUT2D eigenvalue weighted by Gasteiger charge is 2.23. The number of halogens is 1. The van der Waals surface area contributed by atoms with Crippen molar-refractivity contribution in [2.45, 2.75) is 13.3 Å². The largest absolute Gasteiger partial charge is 0.355 e. The van der Waals surface area contributed by atoms with Crippen LogP contribution in [0.5, 0.6) is 0 Å². The maximum absolute atomic E-state index is 11.8. The standard InChI is InChI=1S/C15H15ClN2O2/c1-2-8-18-15(20)13(10-17)14(19)7-6-11-4-3-5-12(16)9-11/h3-7,9,13H,2,8H2,1H3,(H,18,20)/b7-6+. The molecule has 104 valence electrons. The molecule has 0 spiro atoms. The summed E-state index contributed by atoms with van der Waals surface area (Å²) in [6.45, 7) is 2.34. The minimum Gasteiger partial charge on any atom is -0.355 e. The normalized spacial score (nSPS) is 11.8. The molecular formula is C15H15ClN2O2. The SMILES string of the molecule is CCCNC(=O)C(C#N)C(=O)/C=C/c1cccc(Cl)c1. The average molecular weight is 291 g/mol. The summed E-state index contributed by atoms with van der Waals surface area (Å²) in [5.74, 6) is -2.41. The van der Waals surface area contributed by atoms with Crippen LogP contribution in [-0.2, 0) is 9.59 Å². The Morgan fingerprint density at radius 1 is 1.50 bits per heavy atom. The second kappa shape index (κ2) is 8.13. The fourth-order valence-corrected chi connectivity index (χ4v) is 1.69. The van der Waals surface area contributed by atoms with E-state index in [4.69, 9.17) is 16.9 Å². The van der Waals surface area contributed by atoms with Gasteiger partial charge >= 0.3 is 0 Å². The summed E-state index contributed by atoms with van der Waals surface area (Å²) in [5.41, 5.74) is 0.733. The zero-order valence-corrected chi connectivity index (χ0v) is 11.9. The van der Waals surface area contributed by atoms with Crippen LogP contribution in [0.1, 0.15) is 18.9 Å². The van der Waals surface area contributed by atoms with Crippen LogP contribution >= 0.6 is 11.6 Å². The molecule has 0 aromatic heterocycles. The van der Waals surface area contributed by atoms with Gasteiger partial charge in [-0.3, -0.25) is 9.59 Å². The van der Waals surface area contributed by atoms with Crippen LogP contribution in [0.15, 0.2) is 30.3 Å². The van der Waals surface area contributed by atoms with E-state index in [0.29, 0.717) is 11.6 Å². The third kappa shape index (κ3) is 4.87. The number of allylic oxidation sites excluding steroid dienone is 1. The van der Waals surface area contributed by atoms with E-state index in [0.717, 1.165) is 12.0 Å². The van der Waals surface area contributed by atoms with Gasteiger partial charge in [-0.25, -0.2) is 0 Å². The average Bonchev–Trinajstić information content (AvgIpc) is 2.43. The van der Waals surface area contributed by atoms with Crippen LogP contribution in [0, 0.1) is 17.2 Å². The molecular weight excluding hydrogens is 276 g/mol. The van der Waals surface area contributed by atoms with Gasteiger partial charge in [0, 0.05) is 11.6 Å². The molecule has 0 aliphatic carbocycles. The molecule has 1 rings (SSSR count). The molecule has 1 aromatic carbocycles. The fourth-order valence-electron chi connectivity index (χ4n) is 1.49. The molecule has 0 fully saturated rings. The monoisotopic (exact) mass is 290 g/mol. The third-order valence-corrected chi connectivity index (χ3v) is 2.75. The van der Waals surface area contributed by atoms with Crippen molar-refractivity contribution in [2.24, 2.45) is 5.92 Å². The second-order valence-electron chi connectivity index (χ2n) is 4.14. The minimum atomic E-state index is -1.31. The summed E-state index contributed by atoms with van der Waals surface area (Å²) in [7, 11) is 0. The molecule has 0 radical (unpaired) electrons. The van der Waals surface area contributed by atoms with Crippen LogP contribution in [0.4, 0.5) is 0 Å². The van der Waals surface area contributed by atoms with E-state index in [9.17, 15) is 9.59 Å².